The second-order valence-corrected chi connectivity index (χ2v) is 3.94. The Morgan fingerprint density at radius 2 is 2.00 bits per heavy atom. The molecular weight excluding hydrogens is 226 g/mol. The third-order valence-corrected chi connectivity index (χ3v) is 2.84. The first-order chi connectivity index (χ1) is 8.74. The maximum atomic E-state index is 5.23. The second kappa shape index (κ2) is 5.40. The van der Waals surface area contributed by atoms with Crippen LogP contribution in [0.5, 0.6) is 5.75 Å². The Bertz CT molecular complexity index is 480. The molecular formula is C14H17N3O. The number of nitrogens with zero attached hydrogens (tertiary/aromatic N) is 2. The molecule has 0 aliphatic carbocycles. The molecule has 1 aromatic heterocycles. The smallest absolute Gasteiger partial charge is 0.120 e. The summed E-state index contributed by atoms with van der Waals surface area (Å²) < 4.78 is 5.23. The van der Waals surface area contributed by atoms with Crippen molar-refractivity contribution in [3.63, 3.8) is 0 Å². The van der Waals surface area contributed by atoms with E-state index in [1.54, 1.807) is 13.3 Å². The molecule has 0 saturated carbocycles. The van der Waals surface area contributed by atoms with Crippen molar-refractivity contribution in [3.05, 3.63) is 42.7 Å². The molecule has 4 heteroatoms. The third kappa shape index (κ3) is 2.53. The number of nitrogens with one attached hydrogen (secondary N) is 1. The summed E-state index contributed by atoms with van der Waals surface area (Å²) in [5.41, 5.74) is 3.07. The van der Waals surface area contributed by atoms with Crippen LogP contribution in [0.4, 0.5) is 17.1 Å². The van der Waals surface area contributed by atoms with Gasteiger partial charge in [-0.05, 0) is 18.2 Å². The minimum atomic E-state index is 0.845. The standard InChI is InChI=1S/C14H17N3O/c1-15-11-7-13(10-16-9-11)17(2)12-5-4-6-14(8-12)18-3/h4-10,15H,1-3H3. The SMILES string of the molecule is CNc1cncc(N(C)c2cccc(OC)c2)c1. The van der Waals surface area contributed by atoms with Gasteiger partial charge in [0.05, 0.1) is 30.9 Å². The molecule has 0 fully saturated rings. The number of hydrogen-bond acceptors (Lipinski definition) is 4. The Hall–Kier alpha value is -2.23. The molecule has 0 saturated heterocycles. The van der Waals surface area contributed by atoms with Gasteiger partial charge in [-0.1, -0.05) is 6.07 Å². The van der Waals surface area contributed by atoms with Crippen molar-refractivity contribution >= 4 is 17.1 Å². The van der Waals surface area contributed by atoms with Crippen LogP contribution in [0.3, 0.4) is 0 Å². The van der Waals surface area contributed by atoms with Crippen molar-refractivity contribution < 1.29 is 4.74 Å². The molecule has 0 spiro atoms. The minimum Gasteiger partial charge on any atom is -0.497 e. The van der Waals surface area contributed by atoms with Crippen LogP contribution in [0.1, 0.15) is 0 Å². The molecule has 1 heterocycles. The summed E-state index contributed by atoms with van der Waals surface area (Å²) in [6, 6.07) is 9.98. The molecule has 0 atom stereocenters. The Kier molecular flexibility index (Phi) is 3.67. The van der Waals surface area contributed by atoms with Gasteiger partial charge in [0.25, 0.3) is 0 Å². The Labute approximate surface area is 107 Å². The van der Waals surface area contributed by atoms with E-state index >= 15 is 0 Å². The molecule has 18 heavy (non-hydrogen) atoms. The summed E-state index contributed by atoms with van der Waals surface area (Å²) in [6.07, 6.45) is 3.63. The van der Waals surface area contributed by atoms with E-state index in [9.17, 15) is 0 Å². The van der Waals surface area contributed by atoms with Gasteiger partial charge in [0.2, 0.25) is 0 Å². The van der Waals surface area contributed by atoms with Crippen LogP contribution in [0.2, 0.25) is 0 Å². The van der Waals surface area contributed by atoms with E-state index < -0.39 is 0 Å². The van der Waals surface area contributed by atoms with Crippen LogP contribution in [0.15, 0.2) is 42.7 Å². The lowest BCUT2D eigenvalue weighted by atomic mass is 10.2. The van der Waals surface area contributed by atoms with Gasteiger partial charge in [-0.3, -0.25) is 4.98 Å². The van der Waals surface area contributed by atoms with Gasteiger partial charge < -0.3 is 15.0 Å². The lowest BCUT2D eigenvalue weighted by molar-refractivity contribution is 0.415. The molecule has 4 nitrogen and oxygen atoms in total. The molecule has 1 N–H and O–H groups in total. The Morgan fingerprint density at radius 3 is 2.72 bits per heavy atom. The van der Waals surface area contributed by atoms with E-state index in [0.717, 1.165) is 22.8 Å². The summed E-state index contributed by atoms with van der Waals surface area (Å²) in [4.78, 5) is 6.28. The predicted octanol–water partition coefficient (Wildman–Crippen LogP) is 2.90. The molecule has 2 aromatic rings. The minimum absolute atomic E-state index is 0.845. The predicted molar refractivity (Wildman–Crippen MR) is 74.8 cm³/mol. The molecule has 0 unspecified atom stereocenters. The molecule has 94 valence electrons. The highest BCUT2D eigenvalue weighted by Gasteiger charge is 2.06. The fourth-order valence-electron chi connectivity index (χ4n) is 1.72. The molecule has 0 bridgehead atoms. The topological polar surface area (TPSA) is 37.4 Å². The highest BCUT2D eigenvalue weighted by atomic mass is 16.5. The van der Waals surface area contributed by atoms with E-state index in [4.69, 9.17) is 4.74 Å². The van der Waals surface area contributed by atoms with Crippen LogP contribution in [0.25, 0.3) is 0 Å². The van der Waals surface area contributed by atoms with Crippen molar-refractivity contribution in [2.45, 2.75) is 0 Å². The second-order valence-electron chi connectivity index (χ2n) is 3.94. The van der Waals surface area contributed by atoms with E-state index in [0.29, 0.717) is 0 Å². The van der Waals surface area contributed by atoms with Crippen LogP contribution < -0.4 is 15.0 Å². The number of aromatic nitrogens is 1. The van der Waals surface area contributed by atoms with Gasteiger partial charge in [-0.2, -0.15) is 0 Å². The maximum Gasteiger partial charge on any atom is 0.120 e. The maximum absolute atomic E-state index is 5.23. The number of anilines is 3. The van der Waals surface area contributed by atoms with Crippen LogP contribution in [-0.2, 0) is 0 Å². The monoisotopic (exact) mass is 243 g/mol. The molecule has 2 rings (SSSR count). The highest BCUT2D eigenvalue weighted by molar-refractivity contribution is 5.66. The molecule has 0 amide bonds. The van der Waals surface area contributed by atoms with Gasteiger partial charge in [0.1, 0.15) is 5.75 Å². The van der Waals surface area contributed by atoms with Crippen molar-refractivity contribution in [1.82, 2.24) is 4.98 Å². The number of rotatable bonds is 4. The fraction of sp³-hybridized carbons (Fsp3) is 0.214. The van der Waals surface area contributed by atoms with Crippen molar-refractivity contribution in [1.29, 1.82) is 0 Å². The van der Waals surface area contributed by atoms with Gasteiger partial charge in [-0.15, -0.1) is 0 Å². The van der Waals surface area contributed by atoms with Crippen LogP contribution >= 0.6 is 0 Å². The van der Waals surface area contributed by atoms with E-state index in [2.05, 4.69) is 15.2 Å². The lowest BCUT2D eigenvalue weighted by Gasteiger charge is -2.20. The zero-order valence-corrected chi connectivity index (χ0v) is 10.8. The molecule has 0 aliphatic heterocycles. The molecule has 0 aliphatic rings. The number of benzene rings is 1. The first kappa shape index (κ1) is 12.2. The molecule has 0 radical (unpaired) electrons. The lowest BCUT2D eigenvalue weighted by Crippen LogP contribution is -2.10. The largest absolute Gasteiger partial charge is 0.497 e. The van der Waals surface area contributed by atoms with E-state index in [-0.39, 0.29) is 0 Å². The highest BCUT2D eigenvalue weighted by Crippen LogP contribution is 2.27. The van der Waals surface area contributed by atoms with Crippen molar-refractivity contribution in [2.24, 2.45) is 0 Å². The van der Waals surface area contributed by atoms with Gasteiger partial charge in [0.15, 0.2) is 0 Å². The normalized spacial score (nSPS) is 9.94. The molecule has 1 aromatic carbocycles. The number of pyridine rings is 1. The summed E-state index contributed by atoms with van der Waals surface area (Å²) in [6.45, 7) is 0. The van der Waals surface area contributed by atoms with Crippen molar-refractivity contribution in [3.8, 4) is 5.75 Å². The van der Waals surface area contributed by atoms with Gasteiger partial charge in [-0.25, -0.2) is 0 Å². The van der Waals surface area contributed by atoms with Crippen LogP contribution in [-0.4, -0.2) is 26.2 Å². The quantitative estimate of drug-likeness (QED) is 0.896. The zero-order valence-electron chi connectivity index (χ0n) is 10.8. The van der Waals surface area contributed by atoms with E-state index in [1.807, 2.05) is 50.6 Å². The van der Waals surface area contributed by atoms with E-state index in [1.165, 1.54) is 0 Å². The summed E-state index contributed by atoms with van der Waals surface area (Å²) in [5.74, 6) is 0.845. The Balaban J connectivity index is 2.31. The fourth-order valence-corrected chi connectivity index (χ4v) is 1.72. The van der Waals surface area contributed by atoms with Crippen LogP contribution in [0, 0.1) is 0 Å². The Morgan fingerprint density at radius 1 is 1.17 bits per heavy atom. The summed E-state index contributed by atoms with van der Waals surface area (Å²) >= 11 is 0. The zero-order chi connectivity index (χ0) is 13.0. The van der Waals surface area contributed by atoms with Gasteiger partial charge >= 0.3 is 0 Å². The van der Waals surface area contributed by atoms with Gasteiger partial charge in [0, 0.05) is 25.8 Å². The average Bonchev–Trinajstić information content (AvgIpc) is 2.46. The number of ether oxygens (including phenoxy) is 1. The number of hydrogen-bond donors (Lipinski definition) is 1. The number of methoxy groups -OCH3 is 1. The first-order valence-corrected chi connectivity index (χ1v) is 5.75. The summed E-state index contributed by atoms with van der Waals surface area (Å²) in [5, 5.41) is 3.08. The first-order valence-electron chi connectivity index (χ1n) is 5.75. The van der Waals surface area contributed by atoms with Crippen molar-refractivity contribution in [2.75, 3.05) is 31.4 Å². The average molecular weight is 243 g/mol. The summed E-state index contributed by atoms with van der Waals surface area (Å²) in [7, 11) is 5.56. The third-order valence-electron chi connectivity index (χ3n) is 2.84.